The Morgan fingerprint density at radius 3 is 2.27 bits per heavy atom. The third kappa shape index (κ3) is 5.99. The van der Waals surface area contributed by atoms with Crippen LogP contribution in [0.3, 0.4) is 0 Å². The van der Waals surface area contributed by atoms with Gasteiger partial charge in [0.1, 0.15) is 12.2 Å². The van der Waals surface area contributed by atoms with Gasteiger partial charge in [0.05, 0.1) is 6.33 Å². The highest BCUT2D eigenvalue weighted by atomic mass is 16.6. The Morgan fingerprint density at radius 2 is 1.64 bits per heavy atom. The zero-order chi connectivity index (χ0) is 30.6. The number of aliphatic hydroxyl groups excluding tert-OH is 2. The lowest BCUT2D eigenvalue weighted by atomic mass is 9.91. The number of carbonyl (C=O) groups excluding carboxylic acids is 2. The summed E-state index contributed by atoms with van der Waals surface area (Å²) in [4.78, 5) is 39.5. The zero-order valence-electron chi connectivity index (χ0n) is 24.3. The quantitative estimate of drug-likeness (QED) is 0.180. The lowest BCUT2D eigenvalue weighted by molar-refractivity contribution is -0.137. The molecule has 2 aromatic carbocycles. The van der Waals surface area contributed by atoms with Gasteiger partial charge in [0.25, 0.3) is 5.91 Å². The van der Waals surface area contributed by atoms with Gasteiger partial charge < -0.3 is 25.6 Å². The largest absolute Gasteiger partial charge is 0.387 e. The summed E-state index contributed by atoms with van der Waals surface area (Å²) in [5, 5.41) is 29.4. The van der Waals surface area contributed by atoms with Crippen LogP contribution >= 0.6 is 0 Å². The number of aromatic nitrogens is 4. The van der Waals surface area contributed by atoms with Crippen LogP contribution in [0.1, 0.15) is 53.7 Å². The molecule has 2 saturated heterocycles. The summed E-state index contributed by atoms with van der Waals surface area (Å²) < 4.78 is 7.26. The molecule has 2 aromatic heterocycles. The zero-order valence-corrected chi connectivity index (χ0v) is 24.3. The monoisotopic (exact) mass is 600 g/mol. The number of ether oxygens (including phenoxy) is 1. The molecule has 4 heterocycles. The highest BCUT2D eigenvalue weighted by molar-refractivity contribution is 5.94. The van der Waals surface area contributed by atoms with Crippen molar-refractivity contribution in [3.8, 4) is 0 Å². The number of nitrogens with zero attached hydrogens (tertiary/aromatic N) is 5. The summed E-state index contributed by atoms with van der Waals surface area (Å²) in [5.41, 5.74) is 5.62. The number of nitrogens with one attached hydrogen (secondary N) is 3. The van der Waals surface area contributed by atoms with Gasteiger partial charge in [-0.15, -0.1) is 0 Å². The number of carbonyl (C=O) groups is 2. The lowest BCUT2D eigenvalue weighted by Gasteiger charge is -2.20. The van der Waals surface area contributed by atoms with Crippen molar-refractivity contribution in [2.75, 3.05) is 31.5 Å². The summed E-state index contributed by atoms with van der Waals surface area (Å²) >= 11 is 0. The molecule has 2 amide bonds. The smallest absolute Gasteiger partial charge is 0.303 e. The van der Waals surface area contributed by atoms with E-state index in [1.54, 1.807) is 6.92 Å². The van der Waals surface area contributed by atoms with Crippen molar-refractivity contribution in [1.29, 1.82) is 0 Å². The van der Waals surface area contributed by atoms with Gasteiger partial charge in [0, 0.05) is 32.1 Å². The van der Waals surface area contributed by atoms with Crippen LogP contribution in [0.4, 0.5) is 5.82 Å². The Morgan fingerprint density at radius 1 is 0.977 bits per heavy atom. The molecule has 0 unspecified atom stereocenters. The first kappa shape index (κ1) is 29.6. The number of benzene rings is 2. The summed E-state index contributed by atoms with van der Waals surface area (Å²) in [5.74, 6) is -0.843. The third-order valence-corrected chi connectivity index (χ3v) is 7.99. The highest BCUT2D eigenvalue weighted by Gasteiger charge is 2.47. The molecule has 0 saturated carbocycles. The number of amides is 2. The minimum Gasteiger partial charge on any atom is -0.387 e. The standard InChI is InChI=1S/C31H36N8O5/c1-2-32-29(42)25-23(40)24(41)31(44-25)39-18-34-22-26(35-27(36-28(22)39)30(43)37-38-15-9-10-16-38)33-17-21(19-11-5-3-6-12-19)20-13-7-4-8-14-20/h3-8,11-14,18,21,23-25,31,40-41H,2,9-10,15-17H2,1H3,(H,32,42)(H,37,43)(H,33,35,36)/t23-,24-,25-,31+/m0/s1. The SMILES string of the molecule is CCNC(=O)[C@H]1O[C@@H](n2cnc3c(NCC(c4ccccc4)c4ccccc4)nc(C(=O)NN4CCCC4)nc32)[C@@H](O)[C@@H]1O. The number of hydrogen-bond donors (Lipinski definition) is 5. The van der Waals surface area contributed by atoms with Gasteiger partial charge in [-0.25, -0.2) is 20.0 Å². The summed E-state index contributed by atoms with van der Waals surface area (Å²) in [6, 6.07) is 20.2. The predicted octanol–water partition coefficient (Wildman–Crippen LogP) is 1.57. The molecule has 230 valence electrons. The Labute approximate surface area is 254 Å². The van der Waals surface area contributed by atoms with Crippen LogP contribution in [0, 0.1) is 0 Å². The first-order chi connectivity index (χ1) is 21.4. The third-order valence-electron chi connectivity index (χ3n) is 7.99. The molecule has 44 heavy (non-hydrogen) atoms. The Bertz CT molecular complexity index is 1560. The van der Waals surface area contributed by atoms with Gasteiger partial charge >= 0.3 is 5.91 Å². The second-order valence-electron chi connectivity index (χ2n) is 10.9. The number of imidazole rings is 1. The number of anilines is 1. The van der Waals surface area contributed by atoms with E-state index in [0.29, 0.717) is 24.4 Å². The molecular formula is C31H36N8O5. The van der Waals surface area contributed by atoms with Crippen molar-refractivity contribution in [1.82, 2.24) is 35.3 Å². The number of hydrazine groups is 1. The van der Waals surface area contributed by atoms with Crippen molar-refractivity contribution in [3.63, 3.8) is 0 Å². The van der Waals surface area contributed by atoms with Crippen LogP contribution in [0.25, 0.3) is 11.2 Å². The summed E-state index contributed by atoms with van der Waals surface area (Å²) in [6.45, 7) is 3.98. The van der Waals surface area contributed by atoms with Crippen LogP contribution in [0.15, 0.2) is 67.0 Å². The minimum atomic E-state index is -1.47. The molecule has 4 atom stereocenters. The van der Waals surface area contributed by atoms with E-state index < -0.39 is 36.4 Å². The van der Waals surface area contributed by atoms with Gasteiger partial charge in [-0.05, 0) is 30.9 Å². The molecule has 2 aliphatic rings. The second kappa shape index (κ2) is 13.1. The first-order valence-corrected chi connectivity index (χ1v) is 14.9. The average Bonchev–Trinajstić information content (AvgIpc) is 3.78. The Balaban J connectivity index is 1.36. The maximum Gasteiger partial charge on any atom is 0.303 e. The first-order valence-electron chi connectivity index (χ1n) is 14.9. The maximum atomic E-state index is 13.4. The van der Waals surface area contributed by atoms with Crippen molar-refractivity contribution >= 4 is 28.8 Å². The van der Waals surface area contributed by atoms with Gasteiger partial charge in [0.2, 0.25) is 5.82 Å². The van der Waals surface area contributed by atoms with Crippen LogP contribution in [-0.2, 0) is 9.53 Å². The minimum absolute atomic E-state index is 0.0423. The molecule has 0 bridgehead atoms. The van der Waals surface area contributed by atoms with E-state index in [2.05, 4.69) is 55.3 Å². The van der Waals surface area contributed by atoms with E-state index in [1.807, 2.05) is 41.4 Å². The maximum absolute atomic E-state index is 13.4. The summed E-state index contributed by atoms with van der Waals surface area (Å²) in [6.07, 6.45) is -2.03. The number of fused-ring (bicyclic) bond motifs is 1. The fourth-order valence-electron chi connectivity index (χ4n) is 5.73. The van der Waals surface area contributed by atoms with Crippen LogP contribution in [-0.4, -0.2) is 91.0 Å². The number of rotatable bonds is 10. The fourth-order valence-corrected chi connectivity index (χ4v) is 5.73. The Kier molecular flexibility index (Phi) is 8.79. The molecule has 13 heteroatoms. The van der Waals surface area contributed by atoms with E-state index in [1.165, 1.54) is 10.9 Å². The molecule has 4 aromatic rings. The molecule has 5 N–H and O–H groups in total. The highest BCUT2D eigenvalue weighted by Crippen LogP contribution is 2.33. The van der Waals surface area contributed by atoms with Crippen LogP contribution in [0.5, 0.6) is 0 Å². The molecule has 0 radical (unpaired) electrons. The van der Waals surface area contributed by atoms with E-state index in [-0.39, 0.29) is 17.4 Å². The topological polar surface area (TPSA) is 167 Å². The predicted molar refractivity (Wildman–Crippen MR) is 161 cm³/mol. The number of aliphatic hydroxyl groups is 2. The Hall–Kier alpha value is -4.43. The van der Waals surface area contributed by atoms with Crippen molar-refractivity contribution in [2.24, 2.45) is 0 Å². The van der Waals surface area contributed by atoms with Crippen LogP contribution < -0.4 is 16.1 Å². The van der Waals surface area contributed by atoms with Crippen molar-refractivity contribution in [3.05, 3.63) is 83.9 Å². The van der Waals surface area contributed by atoms with Crippen molar-refractivity contribution < 1.29 is 24.5 Å². The van der Waals surface area contributed by atoms with Gasteiger partial charge in [-0.1, -0.05) is 60.7 Å². The fraction of sp³-hybridized carbons (Fsp3) is 0.387. The van der Waals surface area contributed by atoms with E-state index >= 15 is 0 Å². The number of likely N-dealkylation sites (N-methyl/N-ethyl adjacent to an activating group) is 1. The second-order valence-corrected chi connectivity index (χ2v) is 10.9. The average molecular weight is 601 g/mol. The molecule has 0 spiro atoms. The van der Waals surface area contributed by atoms with Crippen LogP contribution in [0.2, 0.25) is 0 Å². The molecule has 13 nitrogen and oxygen atoms in total. The molecule has 0 aliphatic carbocycles. The van der Waals surface area contributed by atoms with Gasteiger partial charge in [0.15, 0.2) is 29.3 Å². The van der Waals surface area contributed by atoms with Gasteiger partial charge in [-0.3, -0.25) is 19.6 Å². The van der Waals surface area contributed by atoms with E-state index in [4.69, 9.17) is 4.74 Å². The molecular weight excluding hydrogens is 564 g/mol. The number of hydrogen-bond acceptors (Lipinski definition) is 10. The lowest BCUT2D eigenvalue weighted by Crippen LogP contribution is -2.42. The van der Waals surface area contributed by atoms with Gasteiger partial charge in [-0.2, -0.15) is 0 Å². The summed E-state index contributed by atoms with van der Waals surface area (Å²) in [7, 11) is 0. The normalized spacial score (nSPS) is 22.0. The van der Waals surface area contributed by atoms with E-state index in [9.17, 15) is 19.8 Å². The molecule has 6 rings (SSSR count). The van der Waals surface area contributed by atoms with Crippen molar-refractivity contribution in [2.45, 2.75) is 50.2 Å². The molecule has 2 fully saturated rings. The molecule has 2 aliphatic heterocycles. The van der Waals surface area contributed by atoms with E-state index in [0.717, 1.165) is 37.1 Å².